The zero-order chi connectivity index (χ0) is 20.2. The van der Waals surface area contributed by atoms with Crippen molar-refractivity contribution in [3.8, 4) is 28.5 Å². The summed E-state index contributed by atoms with van der Waals surface area (Å²) >= 11 is 0. The molecule has 0 spiro atoms. The summed E-state index contributed by atoms with van der Waals surface area (Å²) in [6.45, 7) is 0.934. The number of rotatable bonds is 5. The van der Waals surface area contributed by atoms with E-state index in [2.05, 4.69) is 5.10 Å². The lowest BCUT2D eigenvalue weighted by Gasteiger charge is -2.11. The molecule has 3 aromatic rings. The number of fused-ring (bicyclic) bond motifs is 1. The number of carbonyl (C=O) groups excluding carboxylic acids is 1. The molecule has 0 radical (unpaired) electrons. The molecule has 7 heteroatoms. The van der Waals surface area contributed by atoms with E-state index >= 15 is 0 Å². The largest absolute Gasteiger partial charge is 0.496 e. The Morgan fingerprint density at radius 1 is 1.07 bits per heavy atom. The Morgan fingerprint density at radius 2 is 1.86 bits per heavy atom. The number of para-hydroxylation sites is 1. The minimum Gasteiger partial charge on any atom is -0.496 e. The third-order valence-corrected chi connectivity index (χ3v) is 4.61. The smallest absolute Gasteiger partial charge is 0.267 e. The molecule has 1 aliphatic rings. The van der Waals surface area contributed by atoms with Gasteiger partial charge in [0.15, 0.2) is 17.3 Å². The van der Waals surface area contributed by atoms with Gasteiger partial charge in [0.05, 0.1) is 26.0 Å². The zero-order valence-corrected chi connectivity index (χ0v) is 16.0. The summed E-state index contributed by atoms with van der Waals surface area (Å²) in [5.74, 6) is 1.55. The van der Waals surface area contributed by atoms with Crippen LogP contribution in [0.3, 0.4) is 0 Å². The number of hydrogen-bond donors (Lipinski definition) is 0. The first-order valence-corrected chi connectivity index (χ1v) is 9.30. The van der Waals surface area contributed by atoms with Gasteiger partial charge in [0.2, 0.25) is 0 Å². The maximum absolute atomic E-state index is 12.8. The second-order valence-electron chi connectivity index (χ2n) is 6.55. The quantitative estimate of drug-likeness (QED) is 0.621. The lowest BCUT2D eigenvalue weighted by atomic mass is 10.1. The van der Waals surface area contributed by atoms with E-state index in [0.29, 0.717) is 41.7 Å². The summed E-state index contributed by atoms with van der Waals surface area (Å²) in [6.07, 6.45) is 0.785. The van der Waals surface area contributed by atoms with Crippen LogP contribution in [0.2, 0.25) is 0 Å². The van der Waals surface area contributed by atoms with E-state index in [1.165, 1.54) is 6.07 Å². The molecule has 0 aliphatic carbocycles. The minimum atomic E-state index is -0.355. The minimum absolute atomic E-state index is 0.179. The molecule has 29 heavy (non-hydrogen) atoms. The third-order valence-electron chi connectivity index (χ3n) is 4.61. The molecule has 0 amide bonds. The predicted molar refractivity (Wildman–Crippen MR) is 107 cm³/mol. The second-order valence-corrected chi connectivity index (χ2v) is 6.55. The molecule has 0 bridgehead atoms. The van der Waals surface area contributed by atoms with E-state index in [-0.39, 0.29) is 17.9 Å². The molecule has 4 rings (SSSR count). The van der Waals surface area contributed by atoms with Gasteiger partial charge in [-0.15, -0.1) is 0 Å². The third kappa shape index (κ3) is 3.99. The second kappa shape index (κ2) is 8.18. The summed E-state index contributed by atoms with van der Waals surface area (Å²) in [6, 6.07) is 15.4. The van der Waals surface area contributed by atoms with E-state index in [9.17, 15) is 9.59 Å². The number of benzene rings is 2. The topological polar surface area (TPSA) is 79.7 Å². The molecule has 2 heterocycles. The summed E-state index contributed by atoms with van der Waals surface area (Å²) in [5, 5.41) is 4.37. The first-order valence-electron chi connectivity index (χ1n) is 9.30. The fourth-order valence-corrected chi connectivity index (χ4v) is 3.13. The average molecular weight is 392 g/mol. The molecular formula is C22H20N2O5. The number of aromatic nitrogens is 2. The van der Waals surface area contributed by atoms with Crippen molar-refractivity contribution in [3.05, 3.63) is 70.5 Å². The van der Waals surface area contributed by atoms with Crippen LogP contribution in [0.5, 0.6) is 17.2 Å². The maximum Gasteiger partial charge on any atom is 0.267 e. The van der Waals surface area contributed by atoms with Gasteiger partial charge in [0.25, 0.3) is 5.56 Å². The van der Waals surface area contributed by atoms with Gasteiger partial charge in [-0.25, -0.2) is 4.68 Å². The Hall–Kier alpha value is -3.61. The van der Waals surface area contributed by atoms with Crippen molar-refractivity contribution in [2.75, 3.05) is 20.3 Å². The monoisotopic (exact) mass is 392 g/mol. The molecule has 0 unspecified atom stereocenters. The average Bonchev–Trinajstić information content (AvgIpc) is 3.00. The van der Waals surface area contributed by atoms with Crippen molar-refractivity contribution in [2.45, 2.75) is 13.0 Å². The number of nitrogens with zero attached hydrogens (tertiary/aromatic N) is 2. The van der Waals surface area contributed by atoms with Crippen LogP contribution >= 0.6 is 0 Å². The Kier molecular flexibility index (Phi) is 5.29. The van der Waals surface area contributed by atoms with Gasteiger partial charge < -0.3 is 14.2 Å². The highest BCUT2D eigenvalue weighted by atomic mass is 16.5. The van der Waals surface area contributed by atoms with Crippen molar-refractivity contribution >= 4 is 5.78 Å². The van der Waals surface area contributed by atoms with Crippen LogP contribution in [0.15, 0.2) is 59.4 Å². The first kappa shape index (κ1) is 18.7. The highest BCUT2D eigenvalue weighted by Gasteiger charge is 2.16. The standard InChI is InChI=1S/C22H20N2O5/c1-27-19-6-3-2-5-16(19)17-8-10-22(26)24(23-17)14-18(25)15-7-9-20-21(13-15)29-12-4-11-28-20/h2-3,5-10,13H,4,11-12,14H2,1H3. The van der Waals surface area contributed by atoms with Crippen molar-refractivity contribution in [3.63, 3.8) is 0 Å². The summed E-state index contributed by atoms with van der Waals surface area (Å²) < 4.78 is 17.8. The number of Topliss-reactive ketones (excluding diaryl/α,β-unsaturated/α-hetero) is 1. The molecule has 0 saturated carbocycles. The summed E-state index contributed by atoms with van der Waals surface area (Å²) in [4.78, 5) is 25.1. The molecular weight excluding hydrogens is 372 g/mol. The normalized spacial score (nSPS) is 12.9. The van der Waals surface area contributed by atoms with E-state index in [0.717, 1.165) is 16.7 Å². The van der Waals surface area contributed by atoms with Crippen LogP contribution in [-0.4, -0.2) is 35.9 Å². The SMILES string of the molecule is COc1ccccc1-c1ccc(=O)n(CC(=O)c2ccc3c(c2)OCCCO3)n1. The van der Waals surface area contributed by atoms with Crippen molar-refractivity contribution in [1.29, 1.82) is 0 Å². The Bertz CT molecular complexity index is 1110. The van der Waals surface area contributed by atoms with Crippen LogP contribution in [0.4, 0.5) is 0 Å². The van der Waals surface area contributed by atoms with Crippen LogP contribution in [0.25, 0.3) is 11.3 Å². The summed E-state index contributed by atoms with van der Waals surface area (Å²) in [5.41, 5.74) is 1.37. The van der Waals surface area contributed by atoms with Crippen molar-refractivity contribution in [1.82, 2.24) is 9.78 Å². The number of ether oxygens (including phenoxy) is 3. The lowest BCUT2D eigenvalue weighted by molar-refractivity contribution is 0.0965. The molecule has 0 atom stereocenters. The lowest BCUT2D eigenvalue weighted by Crippen LogP contribution is -2.26. The van der Waals surface area contributed by atoms with Gasteiger partial charge in [0, 0.05) is 23.6 Å². The van der Waals surface area contributed by atoms with Crippen molar-refractivity contribution < 1.29 is 19.0 Å². The molecule has 0 fully saturated rings. The van der Waals surface area contributed by atoms with Crippen LogP contribution in [0.1, 0.15) is 16.8 Å². The molecule has 148 valence electrons. The first-order chi connectivity index (χ1) is 14.2. The van der Waals surface area contributed by atoms with Gasteiger partial charge in [-0.05, 0) is 36.4 Å². The zero-order valence-electron chi connectivity index (χ0n) is 16.0. The maximum atomic E-state index is 12.8. The van der Waals surface area contributed by atoms with Crippen LogP contribution in [-0.2, 0) is 6.54 Å². The summed E-state index contributed by atoms with van der Waals surface area (Å²) in [7, 11) is 1.57. The number of carbonyl (C=O) groups is 1. The van der Waals surface area contributed by atoms with E-state index in [1.54, 1.807) is 31.4 Å². The molecule has 1 aliphatic heterocycles. The van der Waals surface area contributed by atoms with E-state index < -0.39 is 0 Å². The molecule has 0 N–H and O–H groups in total. The predicted octanol–water partition coefficient (Wildman–Crippen LogP) is 2.96. The molecule has 1 aromatic heterocycles. The Morgan fingerprint density at radius 3 is 2.69 bits per heavy atom. The number of methoxy groups -OCH3 is 1. The number of ketones is 1. The highest BCUT2D eigenvalue weighted by molar-refractivity contribution is 5.96. The van der Waals surface area contributed by atoms with Gasteiger partial charge in [-0.3, -0.25) is 9.59 Å². The molecule has 0 saturated heterocycles. The van der Waals surface area contributed by atoms with Gasteiger partial charge in [0.1, 0.15) is 12.3 Å². The van der Waals surface area contributed by atoms with Gasteiger partial charge in [-0.2, -0.15) is 5.10 Å². The Balaban J connectivity index is 1.62. The van der Waals surface area contributed by atoms with Crippen LogP contribution < -0.4 is 19.8 Å². The molecule has 7 nitrogen and oxygen atoms in total. The van der Waals surface area contributed by atoms with Gasteiger partial charge in [-0.1, -0.05) is 12.1 Å². The molecule has 2 aromatic carbocycles. The fraction of sp³-hybridized carbons (Fsp3) is 0.227. The number of hydrogen-bond acceptors (Lipinski definition) is 6. The Labute approximate surface area is 167 Å². The van der Waals surface area contributed by atoms with E-state index in [1.807, 2.05) is 24.3 Å². The fourth-order valence-electron chi connectivity index (χ4n) is 3.13. The van der Waals surface area contributed by atoms with Crippen LogP contribution in [0, 0.1) is 0 Å². The van der Waals surface area contributed by atoms with Gasteiger partial charge >= 0.3 is 0 Å². The van der Waals surface area contributed by atoms with E-state index in [4.69, 9.17) is 14.2 Å². The van der Waals surface area contributed by atoms with Crippen molar-refractivity contribution in [2.24, 2.45) is 0 Å². The highest BCUT2D eigenvalue weighted by Crippen LogP contribution is 2.31.